The Labute approximate surface area is 94.1 Å². The highest BCUT2D eigenvalue weighted by molar-refractivity contribution is 5.66. The number of methoxy groups -OCH3 is 1. The summed E-state index contributed by atoms with van der Waals surface area (Å²) in [7, 11) is 1.50. The molecule has 0 aliphatic heterocycles. The summed E-state index contributed by atoms with van der Waals surface area (Å²) in [6.07, 6.45) is 2.49. The number of aliphatic carboxylic acids is 1. The van der Waals surface area contributed by atoms with Crippen LogP contribution in [0.2, 0.25) is 0 Å². The predicted molar refractivity (Wildman–Crippen MR) is 57.4 cm³/mol. The number of benzene rings is 1. The second-order valence-electron chi connectivity index (χ2n) is 3.14. The monoisotopic (exact) mass is 221 g/mol. The normalized spacial score (nSPS) is 9.56. The summed E-state index contributed by atoms with van der Waals surface area (Å²) in [5.74, 6) is -0.377. The maximum atomic E-state index is 10.3. The van der Waals surface area contributed by atoms with Crippen LogP contribution in [0, 0.1) is 0 Å². The number of carbonyl (C=O) groups is 1. The number of carboxylic acid groups (broad SMARTS) is 1. The van der Waals surface area contributed by atoms with E-state index in [4.69, 9.17) is 9.47 Å². The lowest BCUT2D eigenvalue weighted by Gasteiger charge is -2.11. The summed E-state index contributed by atoms with van der Waals surface area (Å²) in [5, 5.41) is 10.3. The zero-order valence-electron chi connectivity index (χ0n) is 9.06. The van der Waals surface area contributed by atoms with Crippen molar-refractivity contribution in [3.63, 3.8) is 0 Å². The summed E-state index contributed by atoms with van der Waals surface area (Å²) in [6.45, 7) is 3.15. The Balaban J connectivity index is 2.83. The maximum Gasteiger partial charge on any atom is 0.161 e. The van der Waals surface area contributed by atoms with Crippen LogP contribution >= 0.6 is 0 Å². The highest BCUT2D eigenvalue weighted by Gasteiger charge is 2.05. The second kappa shape index (κ2) is 5.80. The van der Waals surface area contributed by atoms with Crippen molar-refractivity contribution in [2.24, 2.45) is 0 Å². The van der Waals surface area contributed by atoms with E-state index in [9.17, 15) is 9.90 Å². The highest BCUT2D eigenvalue weighted by atomic mass is 16.5. The van der Waals surface area contributed by atoms with Gasteiger partial charge in [-0.05, 0) is 24.1 Å². The molecule has 0 aliphatic carbocycles. The molecule has 1 aromatic carbocycles. The van der Waals surface area contributed by atoms with E-state index in [2.05, 4.69) is 6.58 Å². The summed E-state index contributed by atoms with van der Waals surface area (Å²) in [5.41, 5.74) is 1.02. The molecule has 4 nitrogen and oxygen atoms in total. The lowest BCUT2D eigenvalue weighted by molar-refractivity contribution is -0.307. The maximum absolute atomic E-state index is 10.3. The number of allylic oxidation sites excluding steroid dienone is 1. The molecule has 1 rings (SSSR count). The van der Waals surface area contributed by atoms with Crippen LogP contribution in [0.4, 0.5) is 0 Å². The van der Waals surface area contributed by atoms with Crippen LogP contribution in [0.15, 0.2) is 30.9 Å². The zero-order chi connectivity index (χ0) is 12.0. The zero-order valence-corrected chi connectivity index (χ0v) is 9.06. The molecule has 0 aromatic heterocycles. The number of carboxylic acids is 1. The largest absolute Gasteiger partial charge is 0.546 e. The Kier molecular flexibility index (Phi) is 4.39. The average Bonchev–Trinajstić information content (AvgIpc) is 2.27. The van der Waals surface area contributed by atoms with Gasteiger partial charge in [-0.25, -0.2) is 0 Å². The molecule has 0 N–H and O–H groups in total. The molecule has 0 spiro atoms. The highest BCUT2D eigenvalue weighted by Crippen LogP contribution is 2.28. The van der Waals surface area contributed by atoms with Gasteiger partial charge in [-0.15, -0.1) is 6.58 Å². The molecular formula is C12H13O4-. The smallest absolute Gasteiger partial charge is 0.161 e. The first-order valence-corrected chi connectivity index (χ1v) is 4.78. The molecular weight excluding hydrogens is 208 g/mol. The van der Waals surface area contributed by atoms with Crippen LogP contribution < -0.4 is 14.6 Å². The van der Waals surface area contributed by atoms with Gasteiger partial charge < -0.3 is 19.4 Å². The standard InChI is InChI=1S/C12H14O4/c1-3-4-9-5-6-10(11(7-9)15-2)16-8-12(13)14/h3,5-7H,1,4,8H2,2H3,(H,13,14)/p-1. The molecule has 86 valence electrons. The Morgan fingerprint density at radius 3 is 2.81 bits per heavy atom. The first kappa shape index (κ1) is 12.1. The van der Waals surface area contributed by atoms with Crippen LogP contribution in [0.3, 0.4) is 0 Å². The number of rotatable bonds is 6. The van der Waals surface area contributed by atoms with Gasteiger partial charge in [0.15, 0.2) is 11.5 Å². The molecule has 0 saturated carbocycles. The second-order valence-corrected chi connectivity index (χ2v) is 3.14. The molecule has 4 heteroatoms. The summed E-state index contributed by atoms with van der Waals surface area (Å²) >= 11 is 0. The van der Waals surface area contributed by atoms with Crippen molar-refractivity contribution in [2.75, 3.05) is 13.7 Å². The lowest BCUT2D eigenvalue weighted by atomic mass is 10.1. The summed E-state index contributed by atoms with van der Waals surface area (Å²) < 4.78 is 10.1. The topological polar surface area (TPSA) is 58.6 Å². The van der Waals surface area contributed by atoms with E-state index >= 15 is 0 Å². The molecule has 0 saturated heterocycles. The van der Waals surface area contributed by atoms with Crippen molar-refractivity contribution in [1.29, 1.82) is 0 Å². The van der Waals surface area contributed by atoms with Crippen molar-refractivity contribution in [3.05, 3.63) is 36.4 Å². The third-order valence-electron chi connectivity index (χ3n) is 1.95. The number of hydrogen-bond donors (Lipinski definition) is 0. The number of ether oxygens (including phenoxy) is 2. The van der Waals surface area contributed by atoms with Crippen molar-refractivity contribution >= 4 is 5.97 Å². The molecule has 0 bridgehead atoms. The van der Waals surface area contributed by atoms with Gasteiger partial charge in [0.2, 0.25) is 0 Å². The van der Waals surface area contributed by atoms with Gasteiger partial charge in [-0.2, -0.15) is 0 Å². The van der Waals surface area contributed by atoms with Crippen molar-refractivity contribution in [3.8, 4) is 11.5 Å². The van der Waals surface area contributed by atoms with Crippen molar-refractivity contribution < 1.29 is 19.4 Å². The Bertz CT molecular complexity index is 385. The van der Waals surface area contributed by atoms with Crippen molar-refractivity contribution in [2.45, 2.75) is 6.42 Å². The van der Waals surface area contributed by atoms with Crippen LogP contribution in [0.1, 0.15) is 5.56 Å². The lowest BCUT2D eigenvalue weighted by Crippen LogP contribution is -2.29. The Hall–Kier alpha value is -1.97. The fourth-order valence-corrected chi connectivity index (χ4v) is 1.26. The Morgan fingerprint density at radius 2 is 2.25 bits per heavy atom. The molecule has 16 heavy (non-hydrogen) atoms. The van der Waals surface area contributed by atoms with Crippen LogP contribution in [0.25, 0.3) is 0 Å². The summed E-state index contributed by atoms with van der Waals surface area (Å²) in [4.78, 5) is 10.3. The minimum Gasteiger partial charge on any atom is -0.546 e. The van der Waals surface area contributed by atoms with Gasteiger partial charge in [0.05, 0.1) is 13.1 Å². The third kappa shape index (κ3) is 3.31. The van der Waals surface area contributed by atoms with E-state index in [1.54, 1.807) is 18.2 Å². The minimum atomic E-state index is -1.27. The molecule has 0 fully saturated rings. The van der Waals surface area contributed by atoms with Crippen LogP contribution in [-0.4, -0.2) is 19.7 Å². The fourth-order valence-electron chi connectivity index (χ4n) is 1.26. The van der Waals surface area contributed by atoms with E-state index in [1.165, 1.54) is 7.11 Å². The van der Waals surface area contributed by atoms with Crippen molar-refractivity contribution in [1.82, 2.24) is 0 Å². The van der Waals surface area contributed by atoms with Gasteiger partial charge >= 0.3 is 0 Å². The van der Waals surface area contributed by atoms with Gasteiger partial charge in [0.25, 0.3) is 0 Å². The van der Waals surface area contributed by atoms with Gasteiger partial charge in [-0.3, -0.25) is 0 Å². The molecule has 0 radical (unpaired) electrons. The van der Waals surface area contributed by atoms with E-state index in [0.717, 1.165) is 12.0 Å². The number of carbonyl (C=O) groups excluding carboxylic acids is 1. The first-order chi connectivity index (χ1) is 7.67. The van der Waals surface area contributed by atoms with Gasteiger partial charge in [0, 0.05) is 0 Å². The van der Waals surface area contributed by atoms with E-state index in [-0.39, 0.29) is 0 Å². The summed E-state index contributed by atoms with van der Waals surface area (Å²) in [6, 6.07) is 5.28. The minimum absolute atomic E-state index is 0.388. The van der Waals surface area contributed by atoms with E-state index in [1.807, 2.05) is 6.07 Å². The van der Waals surface area contributed by atoms with E-state index in [0.29, 0.717) is 11.5 Å². The number of hydrogen-bond acceptors (Lipinski definition) is 4. The fraction of sp³-hybridized carbons (Fsp3) is 0.250. The van der Waals surface area contributed by atoms with Gasteiger partial charge in [0.1, 0.15) is 6.61 Å². The molecule has 0 heterocycles. The molecule has 0 amide bonds. The molecule has 0 unspecified atom stereocenters. The van der Waals surface area contributed by atoms with Crippen LogP contribution in [0.5, 0.6) is 11.5 Å². The predicted octanol–water partition coefficient (Wildman–Crippen LogP) is 0.552. The van der Waals surface area contributed by atoms with Gasteiger partial charge in [-0.1, -0.05) is 12.1 Å². The Morgan fingerprint density at radius 1 is 1.50 bits per heavy atom. The van der Waals surface area contributed by atoms with E-state index < -0.39 is 12.6 Å². The molecule has 1 aromatic rings. The first-order valence-electron chi connectivity index (χ1n) is 4.78. The molecule has 0 aliphatic rings. The molecule has 0 atom stereocenters. The SMILES string of the molecule is C=CCc1ccc(OCC(=O)[O-])c(OC)c1. The third-order valence-corrected chi connectivity index (χ3v) is 1.95. The average molecular weight is 221 g/mol. The van der Waals surface area contributed by atoms with Crippen LogP contribution in [-0.2, 0) is 11.2 Å². The quantitative estimate of drug-likeness (QED) is 0.658.